The second-order valence-electron chi connectivity index (χ2n) is 8.37. The van der Waals surface area contributed by atoms with Gasteiger partial charge in [-0.05, 0) is 54.3 Å². The Morgan fingerprint density at radius 1 is 1.09 bits per heavy atom. The molecule has 1 aliphatic rings. The molecule has 2 aromatic carbocycles. The van der Waals surface area contributed by atoms with E-state index in [2.05, 4.69) is 9.97 Å². The van der Waals surface area contributed by atoms with Gasteiger partial charge in [-0.25, -0.2) is 23.2 Å². The molecule has 0 N–H and O–H groups in total. The Balaban J connectivity index is 1.57. The summed E-state index contributed by atoms with van der Waals surface area (Å²) in [6.07, 6.45) is 5.48. The maximum Gasteiger partial charge on any atom is 0.415 e. The fourth-order valence-electron chi connectivity index (χ4n) is 4.37. The van der Waals surface area contributed by atoms with Crippen molar-refractivity contribution in [3.63, 3.8) is 0 Å². The number of ether oxygens (including phenoxy) is 1. The first kappa shape index (κ1) is 23.4. The summed E-state index contributed by atoms with van der Waals surface area (Å²) in [5, 5.41) is 9.20. The molecule has 0 saturated heterocycles. The molecule has 8 nitrogen and oxygen atoms in total. The minimum atomic E-state index is -3.28. The van der Waals surface area contributed by atoms with E-state index >= 15 is 0 Å². The highest BCUT2D eigenvalue weighted by Gasteiger charge is 2.44. The monoisotopic (exact) mass is 476 g/mol. The number of hydrogen-bond acceptors (Lipinski definition) is 7. The van der Waals surface area contributed by atoms with Gasteiger partial charge in [-0.3, -0.25) is 4.90 Å². The van der Waals surface area contributed by atoms with E-state index in [1.54, 1.807) is 66.7 Å². The molecule has 9 heteroatoms. The molecule has 1 amide bonds. The van der Waals surface area contributed by atoms with Crippen molar-refractivity contribution in [2.75, 3.05) is 13.3 Å². The molecule has 1 aromatic heterocycles. The molecule has 0 atom stereocenters. The van der Waals surface area contributed by atoms with Crippen LogP contribution in [0, 0.1) is 11.3 Å². The molecule has 174 valence electrons. The molecule has 0 bridgehead atoms. The van der Waals surface area contributed by atoms with Gasteiger partial charge in [0.05, 0.1) is 16.1 Å². The van der Waals surface area contributed by atoms with Crippen LogP contribution in [0.15, 0.2) is 65.7 Å². The third kappa shape index (κ3) is 4.63. The van der Waals surface area contributed by atoms with Crippen LogP contribution in [0.3, 0.4) is 0 Å². The molecule has 0 unspecified atom stereocenters. The van der Waals surface area contributed by atoms with Crippen molar-refractivity contribution in [1.82, 2.24) is 14.9 Å². The Morgan fingerprint density at radius 3 is 2.44 bits per heavy atom. The number of amides is 1. The zero-order chi connectivity index (χ0) is 24.3. The van der Waals surface area contributed by atoms with Crippen LogP contribution < -0.4 is 4.74 Å². The molecular formula is C25H24N4O4S. The summed E-state index contributed by atoms with van der Waals surface area (Å²) in [7, 11) is -1.59. The number of aromatic nitrogens is 2. The predicted molar refractivity (Wildman–Crippen MR) is 126 cm³/mol. The molecule has 34 heavy (non-hydrogen) atoms. The third-order valence-electron chi connectivity index (χ3n) is 6.23. The van der Waals surface area contributed by atoms with Crippen molar-refractivity contribution in [2.24, 2.45) is 0 Å². The van der Waals surface area contributed by atoms with Gasteiger partial charge in [-0.1, -0.05) is 37.1 Å². The lowest BCUT2D eigenvalue weighted by Crippen LogP contribution is -2.47. The Morgan fingerprint density at radius 2 is 1.79 bits per heavy atom. The fourth-order valence-corrected chi connectivity index (χ4v) is 5.00. The largest absolute Gasteiger partial charge is 0.415 e. The molecule has 3 aromatic rings. The average molecular weight is 477 g/mol. The molecule has 1 heterocycles. The summed E-state index contributed by atoms with van der Waals surface area (Å²) in [5.74, 6) is 0.440. The Bertz CT molecular complexity index is 1360. The van der Waals surface area contributed by atoms with Crippen molar-refractivity contribution in [2.45, 2.75) is 36.1 Å². The van der Waals surface area contributed by atoms with Crippen molar-refractivity contribution in [3.8, 4) is 22.9 Å². The van der Waals surface area contributed by atoms with Crippen LogP contribution in [-0.2, 0) is 15.4 Å². The summed E-state index contributed by atoms with van der Waals surface area (Å²) >= 11 is 0. The second-order valence-corrected chi connectivity index (χ2v) is 10.4. The van der Waals surface area contributed by atoms with Crippen LogP contribution in [0.1, 0.15) is 37.2 Å². The zero-order valence-electron chi connectivity index (χ0n) is 18.9. The molecule has 4 rings (SSSR count). The van der Waals surface area contributed by atoms with E-state index in [0.717, 1.165) is 30.2 Å². The Labute approximate surface area is 198 Å². The van der Waals surface area contributed by atoms with Gasteiger partial charge in [0.2, 0.25) is 5.82 Å². The van der Waals surface area contributed by atoms with Crippen molar-refractivity contribution < 1.29 is 17.9 Å². The minimum Gasteiger partial charge on any atom is -0.410 e. The summed E-state index contributed by atoms with van der Waals surface area (Å²) in [6, 6.07) is 17.3. The molecule has 1 fully saturated rings. The van der Waals surface area contributed by atoms with Gasteiger partial charge in [-0.2, -0.15) is 5.26 Å². The first-order chi connectivity index (χ1) is 16.2. The van der Waals surface area contributed by atoms with Gasteiger partial charge < -0.3 is 4.74 Å². The highest BCUT2D eigenvalue weighted by Crippen LogP contribution is 2.42. The zero-order valence-corrected chi connectivity index (χ0v) is 19.7. The maximum atomic E-state index is 13.2. The highest BCUT2D eigenvalue weighted by molar-refractivity contribution is 7.90. The summed E-state index contributed by atoms with van der Waals surface area (Å²) in [6.45, 7) is 0. The second kappa shape index (κ2) is 9.23. The number of benzene rings is 2. The van der Waals surface area contributed by atoms with Gasteiger partial charge >= 0.3 is 6.09 Å². The average Bonchev–Trinajstić information content (AvgIpc) is 3.34. The topological polar surface area (TPSA) is 113 Å². The Hall–Kier alpha value is -3.77. The standard InChI is InChI=1S/C25H24N4O4S/c1-29(25(13-3-4-14-25)22-12-15-27-23(17-26)28-22)24(30)33-20-7-5-6-19(16-20)18-8-10-21(11-9-18)34(2,31)32/h5-12,15-16H,3-4,13-14H2,1-2H3. The van der Waals surface area contributed by atoms with Crippen LogP contribution in [0.2, 0.25) is 0 Å². The van der Waals surface area contributed by atoms with E-state index < -0.39 is 21.5 Å². The van der Waals surface area contributed by atoms with Gasteiger partial charge in [0.1, 0.15) is 11.8 Å². The molecule has 0 radical (unpaired) electrons. The van der Waals surface area contributed by atoms with E-state index in [4.69, 9.17) is 4.74 Å². The predicted octanol–water partition coefficient (Wildman–Crippen LogP) is 4.32. The van der Waals surface area contributed by atoms with Crippen molar-refractivity contribution in [1.29, 1.82) is 5.26 Å². The number of nitrogens with zero attached hydrogens (tertiary/aromatic N) is 4. The third-order valence-corrected chi connectivity index (χ3v) is 7.36. The summed E-state index contributed by atoms with van der Waals surface area (Å²) in [5.41, 5.74) is 1.56. The van der Waals surface area contributed by atoms with Crippen LogP contribution in [0.4, 0.5) is 4.79 Å². The van der Waals surface area contributed by atoms with E-state index in [-0.39, 0.29) is 10.7 Å². The molecule has 1 aliphatic carbocycles. The van der Waals surface area contributed by atoms with E-state index in [0.29, 0.717) is 24.3 Å². The first-order valence-electron chi connectivity index (χ1n) is 10.8. The van der Waals surface area contributed by atoms with Gasteiger partial charge in [0.15, 0.2) is 9.84 Å². The quantitative estimate of drug-likeness (QED) is 0.539. The van der Waals surface area contributed by atoms with E-state index in [9.17, 15) is 18.5 Å². The number of carbonyl (C=O) groups excluding carboxylic acids is 1. The number of hydrogen-bond donors (Lipinski definition) is 0. The van der Waals surface area contributed by atoms with Gasteiger partial charge in [-0.15, -0.1) is 0 Å². The molecule has 0 spiro atoms. The number of rotatable bonds is 5. The van der Waals surface area contributed by atoms with Crippen molar-refractivity contribution >= 4 is 15.9 Å². The highest BCUT2D eigenvalue weighted by atomic mass is 32.2. The van der Waals surface area contributed by atoms with Crippen LogP contribution in [-0.4, -0.2) is 42.7 Å². The SMILES string of the molecule is CN(C(=O)Oc1cccc(-c2ccc(S(C)(=O)=O)cc2)c1)C1(c2ccnc(C#N)n2)CCCC1. The molecule has 0 aliphatic heterocycles. The number of sulfone groups is 1. The normalized spacial score (nSPS) is 14.9. The van der Waals surface area contributed by atoms with Crippen LogP contribution >= 0.6 is 0 Å². The molecule has 1 saturated carbocycles. The lowest BCUT2D eigenvalue weighted by Gasteiger charge is -2.37. The van der Waals surface area contributed by atoms with E-state index in [1.165, 1.54) is 0 Å². The van der Waals surface area contributed by atoms with Crippen LogP contribution in [0.5, 0.6) is 5.75 Å². The Kier molecular flexibility index (Phi) is 6.35. The number of carbonyl (C=O) groups is 1. The van der Waals surface area contributed by atoms with Gasteiger partial charge in [0.25, 0.3) is 0 Å². The summed E-state index contributed by atoms with van der Waals surface area (Å²) < 4.78 is 29.1. The van der Waals surface area contributed by atoms with Crippen LogP contribution in [0.25, 0.3) is 11.1 Å². The molecular weight excluding hydrogens is 452 g/mol. The van der Waals surface area contributed by atoms with Gasteiger partial charge in [0, 0.05) is 19.5 Å². The minimum absolute atomic E-state index is 0.0696. The smallest absolute Gasteiger partial charge is 0.410 e. The lowest BCUT2D eigenvalue weighted by molar-refractivity contribution is 0.0976. The van der Waals surface area contributed by atoms with E-state index in [1.807, 2.05) is 12.1 Å². The summed E-state index contributed by atoms with van der Waals surface area (Å²) in [4.78, 5) is 23.3. The number of nitriles is 1. The lowest BCUT2D eigenvalue weighted by atomic mass is 9.91. The fraction of sp³-hybridized carbons (Fsp3) is 0.280. The van der Waals surface area contributed by atoms with Crippen molar-refractivity contribution in [3.05, 3.63) is 72.3 Å². The first-order valence-corrected chi connectivity index (χ1v) is 12.7. The maximum absolute atomic E-state index is 13.2.